The van der Waals surface area contributed by atoms with Gasteiger partial charge in [0.05, 0.1) is 26.0 Å². The van der Waals surface area contributed by atoms with E-state index in [1.807, 2.05) is 0 Å². The zero-order valence-corrected chi connectivity index (χ0v) is 10.0. The second-order valence-electron chi connectivity index (χ2n) is 4.35. The molecule has 4 nitrogen and oxygen atoms in total. The summed E-state index contributed by atoms with van der Waals surface area (Å²) in [5.41, 5.74) is 2.33. The SMILES string of the molecule is COc1c2c(cc3c1OCCCO3)CCCN2. The van der Waals surface area contributed by atoms with Gasteiger partial charge >= 0.3 is 0 Å². The van der Waals surface area contributed by atoms with E-state index >= 15 is 0 Å². The summed E-state index contributed by atoms with van der Waals surface area (Å²) in [6.07, 6.45) is 3.13. The van der Waals surface area contributed by atoms with Crippen LogP contribution in [0.1, 0.15) is 18.4 Å². The molecule has 2 heterocycles. The molecule has 2 aliphatic rings. The predicted molar refractivity (Wildman–Crippen MR) is 65.4 cm³/mol. The van der Waals surface area contributed by atoms with Crippen LogP contribution in [0.2, 0.25) is 0 Å². The maximum Gasteiger partial charge on any atom is 0.205 e. The van der Waals surface area contributed by atoms with Gasteiger partial charge in [0.15, 0.2) is 11.5 Å². The first-order valence-corrected chi connectivity index (χ1v) is 6.13. The van der Waals surface area contributed by atoms with E-state index in [0.29, 0.717) is 13.2 Å². The maximum absolute atomic E-state index is 5.75. The first kappa shape index (κ1) is 10.6. The van der Waals surface area contributed by atoms with Crippen LogP contribution in [0.3, 0.4) is 0 Å². The highest BCUT2D eigenvalue weighted by atomic mass is 16.5. The zero-order chi connectivity index (χ0) is 11.7. The van der Waals surface area contributed by atoms with Gasteiger partial charge in [-0.15, -0.1) is 0 Å². The smallest absolute Gasteiger partial charge is 0.205 e. The molecule has 0 atom stereocenters. The van der Waals surface area contributed by atoms with Crippen molar-refractivity contribution in [2.75, 3.05) is 32.2 Å². The molecule has 0 saturated carbocycles. The predicted octanol–water partition coefficient (Wildman–Crippen LogP) is 2.21. The average molecular weight is 235 g/mol. The maximum atomic E-state index is 5.75. The molecule has 0 aliphatic carbocycles. The zero-order valence-electron chi connectivity index (χ0n) is 10.0. The van der Waals surface area contributed by atoms with Crippen LogP contribution in [-0.4, -0.2) is 26.9 Å². The molecule has 0 amide bonds. The molecule has 1 N–H and O–H groups in total. The van der Waals surface area contributed by atoms with E-state index in [2.05, 4.69) is 11.4 Å². The molecule has 92 valence electrons. The molecule has 17 heavy (non-hydrogen) atoms. The second kappa shape index (κ2) is 4.35. The number of benzene rings is 1. The van der Waals surface area contributed by atoms with Gasteiger partial charge in [-0.1, -0.05) is 0 Å². The van der Waals surface area contributed by atoms with Crippen molar-refractivity contribution in [3.63, 3.8) is 0 Å². The molecule has 4 heteroatoms. The topological polar surface area (TPSA) is 39.7 Å². The lowest BCUT2D eigenvalue weighted by Crippen LogP contribution is -2.13. The van der Waals surface area contributed by atoms with Gasteiger partial charge in [0.1, 0.15) is 0 Å². The Balaban J connectivity index is 2.14. The minimum absolute atomic E-state index is 0.683. The van der Waals surface area contributed by atoms with E-state index in [4.69, 9.17) is 14.2 Å². The van der Waals surface area contributed by atoms with Crippen molar-refractivity contribution in [3.05, 3.63) is 11.6 Å². The molecule has 0 unspecified atom stereocenters. The number of anilines is 1. The molecule has 1 aromatic rings. The van der Waals surface area contributed by atoms with Gasteiger partial charge in [0.25, 0.3) is 0 Å². The van der Waals surface area contributed by atoms with E-state index < -0.39 is 0 Å². The van der Waals surface area contributed by atoms with Crippen molar-refractivity contribution in [2.24, 2.45) is 0 Å². The highest BCUT2D eigenvalue weighted by molar-refractivity contribution is 5.73. The number of ether oxygens (including phenoxy) is 3. The van der Waals surface area contributed by atoms with Crippen LogP contribution in [0.15, 0.2) is 6.07 Å². The summed E-state index contributed by atoms with van der Waals surface area (Å²) < 4.78 is 17.0. The van der Waals surface area contributed by atoms with Crippen LogP contribution in [0.5, 0.6) is 17.2 Å². The van der Waals surface area contributed by atoms with E-state index in [9.17, 15) is 0 Å². The minimum Gasteiger partial charge on any atom is -0.491 e. The van der Waals surface area contributed by atoms with Crippen molar-refractivity contribution >= 4 is 5.69 Å². The summed E-state index contributed by atoms with van der Waals surface area (Å²) in [5.74, 6) is 2.36. The first-order valence-electron chi connectivity index (χ1n) is 6.13. The monoisotopic (exact) mass is 235 g/mol. The summed E-state index contributed by atoms with van der Waals surface area (Å²) in [4.78, 5) is 0. The Labute approximate surface area is 101 Å². The summed E-state index contributed by atoms with van der Waals surface area (Å²) in [7, 11) is 1.68. The largest absolute Gasteiger partial charge is 0.491 e. The van der Waals surface area contributed by atoms with Gasteiger partial charge in [-0.05, 0) is 24.5 Å². The summed E-state index contributed by atoms with van der Waals surface area (Å²) >= 11 is 0. The van der Waals surface area contributed by atoms with Crippen molar-refractivity contribution in [1.29, 1.82) is 0 Å². The lowest BCUT2D eigenvalue weighted by Gasteiger charge is -2.23. The Morgan fingerprint density at radius 3 is 3.00 bits per heavy atom. The Morgan fingerprint density at radius 1 is 1.24 bits per heavy atom. The molecule has 1 aromatic carbocycles. The van der Waals surface area contributed by atoms with Crippen LogP contribution >= 0.6 is 0 Å². The van der Waals surface area contributed by atoms with Gasteiger partial charge in [-0.3, -0.25) is 0 Å². The Bertz CT molecular complexity index is 431. The fourth-order valence-corrected chi connectivity index (χ4v) is 2.40. The Hall–Kier alpha value is -1.58. The van der Waals surface area contributed by atoms with Gasteiger partial charge in [0, 0.05) is 13.0 Å². The van der Waals surface area contributed by atoms with E-state index in [1.165, 1.54) is 5.56 Å². The van der Waals surface area contributed by atoms with Crippen molar-refractivity contribution in [1.82, 2.24) is 0 Å². The third-order valence-electron chi connectivity index (χ3n) is 3.20. The molecule has 0 spiro atoms. The lowest BCUT2D eigenvalue weighted by atomic mass is 10.0. The number of aryl methyl sites for hydroxylation is 1. The third-order valence-corrected chi connectivity index (χ3v) is 3.20. The molecule has 0 saturated heterocycles. The fourth-order valence-electron chi connectivity index (χ4n) is 2.40. The summed E-state index contributed by atoms with van der Waals surface area (Å²) in [6, 6.07) is 2.09. The number of hydrogen-bond donors (Lipinski definition) is 1. The Morgan fingerprint density at radius 2 is 2.12 bits per heavy atom. The number of hydrogen-bond acceptors (Lipinski definition) is 4. The molecule has 3 rings (SSSR count). The van der Waals surface area contributed by atoms with Crippen LogP contribution in [0.25, 0.3) is 0 Å². The molecule has 0 bridgehead atoms. The third kappa shape index (κ3) is 1.77. The second-order valence-corrected chi connectivity index (χ2v) is 4.35. The standard InChI is InChI=1S/C13H17NO3/c1-15-13-11-9(4-2-5-14-11)8-10-12(13)17-7-3-6-16-10/h8,14H,2-7H2,1H3. The molecular weight excluding hydrogens is 218 g/mol. The molecule has 0 aromatic heterocycles. The average Bonchev–Trinajstić information content (AvgIpc) is 2.60. The van der Waals surface area contributed by atoms with Crippen LogP contribution < -0.4 is 19.5 Å². The highest BCUT2D eigenvalue weighted by Crippen LogP contribution is 2.47. The highest BCUT2D eigenvalue weighted by Gasteiger charge is 2.24. The normalized spacial score (nSPS) is 17.7. The fraction of sp³-hybridized carbons (Fsp3) is 0.538. The molecule has 2 aliphatic heterocycles. The van der Waals surface area contributed by atoms with Crippen molar-refractivity contribution in [2.45, 2.75) is 19.3 Å². The molecular formula is C13H17NO3. The number of nitrogens with one attached hydrogen (secondary N) is 1. The van der Waals surface area contributed by atoms with Crippen LogP contribution in [0, 0.1) is 0 Å². The van der Waals surface area contributed by atoms with E-state index in [-0.39, 0.29) is 0 Å². The van der Waals surface area contributed by atoms with Crippen LogP contribution in [0.4, 0.5) is 5.69 Å². The lowest BCUT2D eigenvalue weighted by molar-refractivity contribution is 0.289. The van der Waals surface area contributed by atoms with Gasteiger partial charge in [-0.2, -0.15) is 0 Å². The van der Waals surface area contributed by atoms with E-state index in [0.717, 1.165) is 48.7 Å². The van der Waals surface area contributed by atoms with E-state index in [1.54, 1.807) is 7.11 Å². The van der Waals surface area contributed by atoms with Crippen LogP contribution in [-0.2, 0) is 6.42 Å². The number of rotatable bonds is 1. The molecule has 0 radical (unpaired) electrons. The number of fused-ring (bicyclic) bond motifs is 2. The van der Waals surface area contributed by atoms with Gasteiger partial charge in [0.2, 0.25) is 5.75 Å². The summed E-state index contributed by atoms with van der Waals surface area (Å²) in [5, 5.41) is 3.39. The number of methoxy groups -OCH3 is 1. The first-order chi connectivity index (χ1) is 8.40. The van der Waals surface area contributed by atoms with Crippen molar-refractivity contribution < 1.29 is 14.2 Å². The minimum atomic E-state index is 0.683. The van der Waals surface area contributed by atoms with Gasteiger partial charge < -0.3 is 19.5 Å². The quantitative estimate of drug-likeness (QED) is 0.810. The van der Waals surface area contributed by atoms with Crippen molar-refractivity contribution in [3.8, 4) is 17.2 Å². The Kier molecular flexibility index (Phi) is 2.71. The van der Waals surface area contributed by atoms with Gasteiger partial charge in [-0.25, -0.2) is 0 Å². The summed E-state index contributed by atoms with van der Waals surface area (Å²) in [6.45, 7) is 2.38. The molecule has 0 fully saturated rings.